The first-order chi connectivity index (χ1) is 11.0. The van der Waals surface area contributed by atoms with Crippen molar-refractivity contribution in [3.8, 4) is 11.5 Å². The molecule has 0 unspecified atom stereocenters. The van der Waals surface area contributed by atoms with Crippen molar-refractivity contribution in [1.82, 2.24) is 10.6 Å². The topological polar surface area (TPSA) is 68.8 Å². The summed E-state index contributed by atoms with van der Waals surface area (Å²) in [6.45, 7) is 5.49. The van der Waals surface area contributed by atoms with E-state index in [1.807, 2.05) is 18.2 Å². The molecule has 23 heavy (non-hydrogen) atoms. The third-order valence-electron chi connectivity index (χ3n) is 4.05. The lowest BCUT2D eigenvalue weighted by molar-refractivity contribution is -0.161. The lowest BCUT2D eigenvalue weighted by Crippen LogP contribution is -2.70. The van der Waals surface area contributed by atoms with E-state index in [1.54, 1.807) is 14.0 Å². The number of ether oxygens (including phenoxy) is 3. The maximum atomic E-state index is 12.5. The minimum absolute atomic E-state index is 0.146. The molecule has 0 radical (unpaired) electrons. The number of para-hydroxylation sites is 1. The summed E-state index contributed by atoms with van der Waals surface area (Å²) >= 11 is 5.25. The zero-order valence-electron chi connectivity index (χ0n) is 12.9. The molecule has 0 saturated carbocycles. The van der Waals surface area contributed by atoms with Gasteiger partial charge in [0.05, 0.1) is 13.2 Å². The second kappa shape index (κ2) is 5.73. The molecule has 2 bridgehead atoms. The van der Waals surface area contributed by atoms with Gasteiger partial charge in [-0.1, -0.05) is 24.8 Å². The Kier molecular flexibility index (Phi) is 3.89. The lowest BCUT2D eigenvalue weighted by atomic mass is 9.80. The molecule has 0 spiro atoms. The number of benzene rings is 1. The molecule has 0 aromatic heterocycles. The van der Waals surface area contributed by atoms with Gasteiger partial charge in [-0.15, -0.1) is 0 Å². The van der Waals surface area contributed by atoms with E-state index in [9.17, 15) is 4.79 Å². The van der Waals surface area contributed by atoms with Crippen molar-refractivity contribution < 1.29 is 19.0 Å². The molecule has 2 aliphatic heterocycles. The Balaban J connectivity index is 2.07. The Labute approximate surface area is 139 Å². The highest BCUT2D eigenvalue weighted by atomic mass is 32.1. The highest BCUT2D eigenvalue weighted by molar-refractivity contribution is 7.80. The van der Waals surface area contributed by atoms with E-state index in [2.05, 4.69) is 17.2 Å². The highest BCUT2D eigenvalue weighted by Crippen LogP contribution is 2.48. The smallest absolute Gasteiger partial charge is 0.317 e. The summed E-state index contributed by atoms with van der Waals surface area (Å²) in [4.78, 5) is 12.5. The molecular weight excluding hydrogens is 316 g/mol. The number of methoxy groups -OCH3 is 1. The van der Waals surface area contributed by atoms with Crippen LogP contribution in [0.2, 0.25) is 0 Å². The average Bonchev–Trinajstić information content (AvgIpc) is 2.50. The van der Waals surface area contributed by atoms with Crippen LogP contribution in [0.4, 0.5) is 0 Å². The molecule has 0 amide bonds. The van der Waals surface area contributed by atoms with Crippen LogP contribution in [0.3, 0.4) is 0 Å². The highest BCUT2D eigenvalue weighted by Gasteiger charge is 2.56. The van der Waals surface area contributed by atoms with Crippen LogP contribution in [0.5, 0.6) is 11.5 Å². The van der Waals surface area contributed by atoms with Crippen LogP contribution >= 0.6 is 12.2 Å². The van der Waals surface area contributed by atoms with Crippen LogP contribution in [0.15, 0.2) is 30.9 Å². The number of nitrogens with one attached hydrogen (secondary N) is 2. The first-order valence-corrected chi connectivity index (χ1v) is 7.63. The van der Waals surface area contributed by atoms with Crippen molar-refractivity contribution in [3.63, 3.8) is 0 Å². The number of carbonyl (C=O) groups excluding carboxylic acids is 1. The fraction of sp³-hybridized carbons (Fsp3) is 0.375. The molecule has 2 heterocycles. The van der Waals surface area contributed by atoms with Crippen LogP contribution in [-0.2, 0) is 9.53 Å². The number of thiocarbonyl (C=S) groups is 1. The predicted octanol–water partition coefficient (Wildman–Crippen LogP) is 1.67. The van der Waals surface area contributed by atoms with Crippen LogP contribution in [0.25, 0.3) is 0 Å². The van der Waals surface area contributed by atoms with Gasteiger partial charge in [-0.05, 0) is 25.2 Å². The summed E-state index contributed by atoms with van der Waals surface area (Å²) in [5.74, 6) is 0.216. The normalized spacial score (nSPS) is 27.7. The molecule has 6 nitrogen and oxygen atoms in total. The second-order valence-electron chi connectivity index (χ2n) is 5.56. The zero-order valence-corrected chi connectivity index (χ0v) is 13.7. The van der Waals surface area contributed by atoms with Crippen molar-refractivity contribution in [2.45, 2.75) is 18.7 Å². The number of rotatable bonds is 4. The van der Waals surface area contributed by atoms with Crippen LogP contribution in [-0.4, -0.2) is 30.5 Å². The van der Waals surface area contributed by atoms with Crippen LogP contribution < -0.4 is 20.1 Å². The summed E-state index contributed by atoms with van der Waals surface area (Å²) < 4.78 is 16.7. The molecule has 122 valence electrons. The minimum atomic E-state index is -1.02. The summed E-state index contributed by atoms with van der Waals surface area (Å²) in [5, 5.41) is 6.61. The third-order valence-corrected chi connectivity index (χ3v) is 4.27. The maximum Gasteiger partial charge on any atom is 0.317 e. The predicted molar refractivity (Wildman–Crippen MR) is 88.3 cm³/mol. The second-order valence-corrected chi connectivity index (χ2v) is 5.97. The molecule has 2 aliphatic rings. The number of hydrogen-bond acceptors (Lipinski definition) is 5. The van der Waals surface area contributed by atoms with Crippen molar-refractivity contribution in [2.75, 3.05) is 13.7 Å². The molecule has 1 fully saturated rings. The van der Waals surface area contributed by atoms with E-state index >= 15 is 0 Å². The van der Waals surface area contributed by atoms with Gasteiger partial charge in [-0.3, -0.25) is 4.79 Å². The Morgan fingerprint density at radius 3 is 3.04 bits per heavy atom. The van der Waals surface area contributed by atoms with E-state index in [0.717, 1.165) is 5.56 Å². The van der Waals surface area contributed by atoms with E-state index in [1.165, 1.54) is 6.08 Å². The number of carbonyl (C=O) groups is 1. The first-order valence-electron chi connectivity index (χ1n) is 7.22. The SMILES string of the molecule is C=CCOC(=O)[C@H]1[C@H]2NC(=S)N[C@@]1(C)Oc1c(OC)cccc12. The number of hydrogen-bond donors (Lipinski definition) is 2. The largest absolute Gasteiger partial charge is 0.493 e. The van der Waals surface area contributed by atoms with Gasteiger partial charge in [0.15, 0.2) is 22.3 Å². The van der Waals surface area contributed by atoms with Gasteiger partial charge in [-0.2, -0.15) is 0 Å². The van der Waals surface area contributed by atoms with E-state index in [-0.39, 0.29) is 18.6 Å². The standard InChI is InChI=1S/C16H18N2O4S/c1-4-8-21-14(19)11-12-9-6-5-7-10(20-3)13(9)22-16(11,2)18-15(23)17-12/h4-7,11-12H,1,8H2,2-3H3,(H2,17,18,23)/t11-,12+,16+/m1/s1. The summed E-state index contributed by atoms with van der Waals surface area (Å²) in [5.41, 5.74) is -0.210. The zero-order chi connectivity index (χ0) is 16.6. The Morgan fingerprint density at radius 2 is 2.35 bits per heavy atom. The first kappa shape index (κ1) is 15.6. The van der Waals surface area contributed by atoms with E-state index in [4.69, 9.17) is 26.4 Å². The summed E-state index contributed by atoms with van der Waals surface area (Å²) in [7, 11) is 1.58. The van der Waals surface area contributed by atoms with Gasteiger partial charge in [0.25, 0.3) is 0 Å². The molecular formula is C16H18N2O4S. The minimum Gasteiger partial charge on any atom is -0.493 e. The molecule has 1 saturated heterocycles. The van der Waals surface area contributed by atoms with Crippen LogP contribution in [0, 0.1) is 5.92 Å². The summed E-state index contributed by atoms with van der Waals surface area (Å²) in [6.07, 6.45) is 1.53. The lowest BCUT2D eigenvalue weighted by Gasteiger charge is -2.50. The molecule has 1 aromatic rings. The third kappa shape index (κ3) is 2.50. The molecule has 1 aromatic carbocycles. The fourth-order valence-electron chi connectivity index (χ4n) is 3.08. The summed E-state index contributed by atoms with van der Waals surface area (Å²) in [6, 6.07) is 5.19. The average molecular weight is 334 g/mol. The molecule has 0 aliphatic carbocycles. The molecule has 3 rings (SSSR count). The van der Waals surface area contributed by atoms with Crippen molar-refractivity contribution >= 4 is 23.3 Å². The Hall–Kier alpha value is -2.28. The van der Waals surface area contributed by atoms with Gasteiger partial charge < -0.3 is 24.8 Å². The van der Waals surface area contributed by atoms with Crippen molar-refractivity contribution in [2.24, 2.45) is 5.92 Å². The van der Waals surface area contributed by atoms with Gasteiger partial charge in [0.2, 0.25) is 0 Å². The molecule has 3 atom stereocenters. The maximum absolute atomic E-state index is 12.5. The van der Waals surface area contributed by atoms with Gasteiger partial charge in [0, 0.05) is 5.56 Å². The molecule has 7 heteroatoms. The quantitative estimate of drug-likeness (QED) is 0.493. The van der Waals surface area contributed by atoms with Crippen molar-refractivity contribution in [3.05, 3.63) is 36.4 Å². The van der Waals surface area contributed by atoms with E-state index in [0.29, 0.717) is 16.6 Å². The van der Waals surface area contributed by atoms with E-state index < -0.39 is 11.6 Å². The van der Waals surface area contributed by atoms with Gasteiger partial charge in [-0.25, -0.2) is 0 Å². The monoisotopic (exact) mass is 334 g/mol. The Morgan fingerprint density at radius 1 is 1.57 bits per heavy atom. The van der Waals surface area contributed by atoms with Crippen LogP contribution in [0.1, 0.15) is 18.5 Å². The van der Waals surface area contributed by atoms with Crippen molar-refractivity contribution in [1.29, 1.82) is 0 Å². The number of esters is 1. The molecule has 2 N–H and O–H groups in total. The van der Waals surface area contributed by atoms with Gasteiger partial charge >= 0.3 is 5.97 Å². The van der Waals surface area contributed by atoms with Gasteiger partial charge in [0.1, 0.15) is 12.5 Å². The Bertz CT molecular complexity index is 678. The number of fused-ring (bicyclic) bond motifs is 4. The fourth-order valence-corrected chi connectivity index (χ4v) is 3.41.